The van der Waals surface area contributed by atoms with Crippen LogP contribution >= 0.6 is 0 Å². The zero-order valence-electron chi connectivity index (χ0n) is 15.3. The first-order valence-electron chi connectivity index (χ1n) is 9.33. The van der Waals surface area contributed by atoms with Crippen LogP contribution in [0.1, 0.15) is 32.6 Å². The van der Waals surface area contributed by atoms with Crippen molar-refractivity contribution in [3.8, 4) is 0 Å². The van der Waals surface area contributed by atoms with Crippen LogP contribution in [0.4, 0.5) is 5.82 Å². The fourth-order valence-electron chi connectivity index (χ4n) is 3.98. The first-order valence-corrected chi connectivity index (χ1v) is 9.33. The van der Waals surface area contributed by atoms with E-state index in [9.17, 15) is 9.59 Å². The number of aromatic nitrogens is 2. The minimum absolute atomic E-state index is 0.0297. The molecule has 2 fully saturated rings. The molecule has 26 heavy (non-hydrogen) atoms. The standard InChI is InChI=1S/C19H27N5O2/c1-3-18(25)23-9-10-24(14(2)13-23)19(26)15-5-4-6-16(11-15)22-17-12-20-7-8-21-17/h3,7-8,12,14-16H,1,4-6,9-11,13H2,2H3,(H,21,22)/t14-,15?,16?/m0/s1. The van der Waals surface area contributed by atoms with Gasteiger partial charge in [-0.05, 0) is 32.3 Å². The molecular formula is C19H27N5O2. The van der Waals surface area contributed by atoms with E-state index >= 15 is 0 Å². The molecule has 3 atom stereocenters. The fourth-order valence-corrected chi connectivity index (χ4v) is 3.98. The van der Waals surface area contributed by atoms with Gasteiger partial charge in [-0.2, -0.15) is 0 Å². The second-order valence-corrected chi connectivity index (χ2v) is 7.16. The zero-order valence-corrected chi connectivity index (χ0v) is 15.3. The molecule has 7 nitrogen and oxygen atoms in total. The largest absolute Gasteiger partial charge is 0.366 e. The Morgan fingerprint density at radius 2 is 2.15 bits per heavy atom. The average molecular weight is 357 g/mol. The highest BCUT2D eigenvalue weighted by atomic mass is 16.2. The van der Waals surface area contributed by atoms with Gasteiger partial charge in [0.2, 0.25) is 11.8 Å². The first-order chi connectivity index (χ1) is 12.6. The molecule has 2 unspecified atom stereocenters. The Hall–Kier alpha value is -2.44. The molecule has 1 aromatic heterocycles. The van der Waals surface area contributed by atoms with Crippen LogP contribution in [-0.4, -0.2) is 63.3 Å². The van der Waals surface area contributed by atoms with Crippen molar-refractivity contribution in [1.82, 2.24) is 19.8 Å². The number of amides is 2. The molecule has 1 aliphatic heterocycles. The second kappa shape index (κ2) is 8.29. The van der Waals surface area contributed by atoms with E-state index in [1.807, 2.05) is 11.8 Å². The summed E-state index contributed by atoms with van der Waals surface area (Å²) in [4.78, 5) is 36.9. The lowest BCUT2D eigenvalue weighted by Gasteiger charge is -2.42. The number of piperazine rings is 1. The van der Waals surface area contributed by atoms with Gasteiger partial charge >= 0.3 is 0 Å². The summed E-state index contributed by atoms with van der Waals surface area (Å²) in [5.41, 5.74) is 0. The van der Waals surface area contributed by atoms with Gasteiger partial charge in [0.05, 0.1) is 6.20 Å². The van der Waals surface area contributed by atoms with E-state index in [0.29, 0.717) is 19.6 Å². The molecule has 3 rings (SSSR count). The van der Waals surface area contributed by atoms with Gasteiger partial charge in [0.15, 0.2) is 0 Å². The number of carbonyl (C=O) groups is 2. The molecule has 0 bridgehead atoms. The summed E-state index contributed by atoms with van der Waals surface area (Å²) in [6, 6.07) is 0.279. The summed E-state index contributed by atoms with van der Waals surface area (Å²) in [6.07, 6.45) is 10.2. The highest BCUT2D eigenvalue weighted by Crippen LogP contribution is 2.29. The minimum Gasteiger partial charge on any atom is -0.366 e. The van der Waals surface area contributed by atoms with Crippen molar-refractivity contribution in [3.05, 3.63) is 31.2 Å². The van der Waals surface area contributed by atoms with Crippen LogP contribution in [0, 0.1) is 5.92 Å². The van der Waals surface area contributed by atoms with E-state index < -0.39 is 0 Å². The van der Waals surface area contributed by atoms with Crippen molar-refractivity contribution in [2.75, 3.05) is 25.0 Å². The predicted molar refractivity (Wildman–Crippen MR) is 99.4 cm³/mol. The van der Waals surface area contributed by atoms with Gasteiger partial charge in [-0.1, -0.05) is 13.0 Å². The number of rotatable bonds is 4. The number of carbonyl (C=O) groups excluding carboxylic acids is 2. The molecule has 1 saturated heterocycles. The van der Waals surface area contributed by atoms with E-state index in [1.54, 1.807) is 23.5 Å². The SMILES string of the molecule is C=CC(=O)N1CCN(C(=O)C2CCCC(Nc3cnccn3)C2)[C@@H](C)C1. The predicted octanol–water partition coefficient (Wildman–Crippen LogP) is 1.69. The van der Waals surface area contributed by atoms with Crippen molar-refractivity contribution in [2.45, 2.75) is 44.7 Å². The molecule has 1 aliphatic carbocycles. The molecule has 2 heterocycles. The number of hydrogen-bond donors (Lipinski definition) is 1. The number of nitrogens with one attached hydrogen (secondary N) is 1. The lowest BCUT2D eigenvalue weighted by molar-refractivity contribution is -0.144. The summed E-state index contributed by atoms with van der Waals surface area (Å²) in [5, 5.41) is 3.40. The summed E-state index contributed by atoms with van der Waals surface area (Å²) >= 11 is 0. The highest BCUT2D eigenvalue weighted by molar-refractivity contribution is 5.87. The lowest BCUT2D eigenvalue weighted by atomic mass is 9.84. The highest BCUT2D eigenvalue weighted by Gasteiger charge is 2.35. The molecule has 140 valence electrons. The van der Waals surface area contributed by atoms with Gasteiger partial charge in [0.25, 0.3) is 0 Å². The van der Waals surface area contributed by atoms with Gasteiger partial charge in [-0.3, -0.25) is 14.6 Å². The molecule has 2 aliphatic rings. The topological polar surface area (TPSA) is 78.4 Å². The Bertz CT molecular complexity index is 651. The molecule has 7 heteroatoms. The monoisotopic (exact) mass is 357 g/mol. The van der Waals surface area contributed by atoms with Crippen LogP contribution in [0.5, 0.6) is 0 Å². The van der Waals surface area contributed by atoms with Crippen molar-refractivity contribution >= 4 is 17.6 Å². The van der Waals surface area contributed by atoms with Gasteiger partial charge in [0.1, 0.15) is 5.82 Å². The van der Waals surface area contributed by atoms with Crippen LogP contribution in [0.2, 0.25) is 0 Å². The maximum absolute atomic E-state index is 13.1. The molecule has 0 aromatic carbocycles. The Kier molecular flexibility index (Phi) is 5.85. The fraction of sp³-hybridized carbons (Fsp3) is 0.579. The molecule has 0 spiro atoms. The van der Waals surface area contributed by atoms with Crippen LogP contribution in [0.25, 0.3) is 0 Å². The Labute approximate surface area is 154 Å². The van der Waals surface area contributed by atoms with E-state index in [2.05, 4.69) is 21.9 Å². The van der Waals surface area contributed by atoms with Crippen LogP contribution in [0.15, 0.2) is 31.2 Å². The third-order valence-corrected chi connectivity index (χ3v) is 5.34. The Morgan fingerprint density at radius 3 is 2.85 bits per heavy atom. The summed E-state index contributed by atoms with van der Waals surface area (Å²) in [7, 11) is 0. The van der Waals surface area contributed by atoms with E-state index in [1.165, 1.54) is 6.08 Å². The number of anilines is 1. The van der Waals surface area contributed by atoms with Crippen molar-refractivity contribution in [2.24, 2.45) is 5.92 Å². The maximum atomic E-state index is 13.1. The summed E-state index contributed by atoms with van der Waals surface area (Å²) < 4.78 is 0. The summed E-state index contributed by atoms with van der Waals surface area (Å²) in [6.45, 7) is 7.30. The van der Waals surface area contributed by atoms with Gasteiger partial charge in [-0.15, -0.1) is 0 Å². The molecule has 1 N–H and O–H groups in total. The normalized spacial score (nSPS) is 26.3. The number of nitrogens with zero attached hydrogens (tertiary/aromatic N) is 4. The molecule has 1 aromatic rings. The third kappa shape index (κ3) is 4.20. The van der Waals surface area contributed by atoms with Crippen LogP contribution in [-0.2, 0) is 9.59 Å². The van der Waals surface area contributed by atoms with Gasteiger partial charge in [-0.25, -0.2) is 4.98 Å². The lowest BCUT2D eigenvalue weighted by Crippen LogP contribution is -2.56. The second-order valence-electron chi connectivity index (χ2n) is 7.16. The van der Waals surface area contributed by atoms with Crippen LogP contribution < -0.4 is 5.32 Å². The minimum atomic E-state index is -0.0603. The molecule has 2 amide bonds. The smallest absolute Gasteiger partial charge is 0.246 e. The molecular weight excluding hydrogens is 330 g/mol. The van der Waals surface area contributed by atoms with Crippen molar-refractivity contribution in [1.29, 1.82) is 0 Å². The van der Waals surface area contributed by atoms with Crippen molar-refractivity contribution < 1.29 is 9.59 Å². The Morgan fingerprint density at radius 1 is 1.31 bits per heavy atom. The number of hydrogen-bond acceptors (Lipinski definition) is 5. The molecule has 0 radical (unpaired) electrons. The summed E-state index contributed by atoms with van der Waals surface area (Å²) in [5.74, 6) is 0.946. The van der Waals surface area contributed by atoms with Crippen LogP contribution in [0.3, 0.4) is 0 Å². The maximum Gasteiger partial charge on any atom is 0.246 e. The van der Waals surface area contributed by atoms with Gasteiger partial charge in [0, 0.05) is 50.0 Å². The Balaban J connectivity index is 1.57. The molecule has 1 saturated carbocycles. The first kappa shape index (κ1) is 18.4. The van der Waals surface area contributed by atoms with Gasteiger partial charge < -0.3 is 15.1 Å². The van der Waals surface area contributed by atoms with E-state index in [0.717, 1.165) is 31.5 Å². The van der Waals surface area contributed by atoms with E-state index in [-0.39, 0.29) is 29.8 Å². The third-order valence-electron chi connectivity index (χ3n) is 5.34. The zero-order chi connectivity index (χ0) is 18.5. The quantitative estimate of drug-likeness (QED) is 0.830. The van der Waals surface area contributed by atoms with Crippen molar-refractivity contribution in [3.63, 3.8) is 0 Å². The average Bonchev–Trinajstić information content (AvgIpc) is 2.67. The van der Waals surface area contributed by atoms with E-state index in [4.69, 9.17) is 0 Å².